The van der Waals surface area contributed by atoms with E-state index in [0.29, 0.717) is 17.4 Å². The van der Waals surface area contributed by atoms with Gasteiger partial charge in [0.05, 0.1) is 6.04 Å². The van der Waals surface area contributed by atoms with Crippen molar-refractivity contribution in [2.75, 3.05) is 6.54 Å². The number of amides is 1. The molecule has 0 aromatic rings. The van der Waals surface area contributed by atoms with E-state index in [1.165, 1.54) is 38.5 Å². The highest BCUT2D eigenvalue weighted by atomic mass is 16.5. The van der Waals surface area contributed by atoms with Crippen LogP contribution in [0.25, 0.3) is 0 Å². The van der Waals surface area contributed by atoms with Crippen molar-refractivity contribution in [1.82, 2.24) is 10.6 Å². The van der Waals surface area contributed by atoms with Crippen molar-refractivity contribution in [3.05, 3.63) is 0 Å². The molecule has 0 radical (unpaired) electrons. The third-order valence-corrected chi connectivity index (χ3v) is 10.6. The summed E-state index contributed by atoms with van der Waals surface area (Å²) in [6.07, 6.45) is 13.1. The lowest BCUT2D eigenvalue weighted by Gasteiger charge is -2.61. The predicted octanol–water partition coefficient (Wildman–Crippen LogP) is 4.20. The van der Waals surface area contributed by atoms with Crippen molar-refractivity contribution in [2.45, 2.75) is 110 Å². The fraction of sp³-hybridized carbons (Fsp3) is 0.923. The van der Waals surface area contributed by atoms with E-state index in [1.54, 1.807) is 6.92 Å². The van der Waals surface area contributed by atoms with Crippen molar-refractivity contribution >= 4 is 11.9 Å². The van der Waals surface area contributed by atoms with Crippen LogP contribution < -0.4 is 10.6 Å². The molecule has 9 atom stereocenters. The standard InChI is InChI=1S/C26H42N2O3/c1-16(29)31-18-10-12-25(2)17(15-18)6-7-19-20-8-9-23(26(20,3)13-11-21(19)25)28-24(30)22-5-4-14-27-22/h17-23,27H,4-15H2,1-3H3,(H,28,30)/t17?,18?,19-,20-,21+,22+,23?,25-,26-/m0/s1. The first-order chi connectivity index (χ1) is 14.8. The maximum absolute atomic E-state index is 12.8. The molecule has 5 nitrogen and oxygen atoms in total. The van der Waals surface area contributed by atoms with Crippen molar-refractivity contribution in [2.24, 2.45) is 34.5 Å². The molecule has 1 heterocycles. The van der Waals surface area contributed by atoms with E-state index in [1.807, 2.05) is 0 Å². The van der Waals surface area contributed by atoms with Crippen LogP contribution in [0, 0.1) is 34.5 Å². The lowest BCUT2D eigenvalue weighted by Crippen LogP contribution is -2.57. The number of hydrogen-bond acceptors (Lipinski definition) is 4. The number of fused-ring (bicyclic) bond motifs is 5. The molecule has 5 fully saturated rings. The molecule has 0 aromatic heterocycles. The van der Waals surface area contributed by atoms with E-state index >= 15 is 0 Å². The largest absolute Gasteiger partial charge is 0.463 e. The normalized spacial score (nSPS) is 48.9. The summed E-state index contributed by atoms with van der Waals surface area (Å²) in [6.45, 7) is 7.57. The van der Waals surface area contributed by atoms with Crippen LogP contribution in [0.4, 0.5) is 0 Å². The third kappa shape index (κ3) is 3.63. The van der Waals surface area contributed by atoms with E-state index in [-0.39, 0.29) is 29.4 Å². The fourth-order valence-electron chi connectivity index (χ4n) is 8.98. The number of carbonyl (C=O) groups is 2. The van der Waals surface area contributed by atoms with E-state index in [9.17, 15) is 9.59 Å². The summed E-state index contributed by atoms with van der Waals surface area (Å²) >= 11 is 0. The summed E-state index contributed by atoms with van der Waals surface area (Å²) < 4.78 is 5.62. The second-order valence-electron chi connectivity index (χ2n) is 12.0. The number of hydrogen-bond donors (Lipinski definition) is 2. The first-order valence-electron chi connectivity index (χ1n) is 13.0. The van der Waals surface area contributed by atoms with Gasteiger partial charge >= 0.3 is 5.97 Å². The van der Waals surface area contributed by atoms with Crippen LogP contribution >= 0.6 is 0 Å². The maximum atomic E-state index is 12.8. The zero-order valence-electron chi connectivity index (χ0n) is 19.8. The molecule has 1 saturated heterocycles. The van der Waals surface area contributed by atoms with Crippen LogP contribution in [-0.2, 0) is 14.3 Å². The molecule has 3 unspecified atom stereocenters. The van der Waals surface area contributed by atoms with E-state index in [4.69, 9.17) is 4.74 Å². The maximum Gasteiger partial charge on any atom is 0.302 e. The van der Waals surface area contributed by atoms with Crippen LogP contribution in [0.3, 0.4) is 0 Å². The second kappa shape index (κ2) is 8.04. The molecule has 5 rings (SSSR count). The summed E-state index contributed by atoms with van der Waals surface area (Å²) in [5, 5.41) is 6.86. The van der Waals surface area contributed by atoms with E-state index in [0.717, 1.165) is 56.4 Å². The molecule has 174 valence electrons. The molecular formula is C26H42N2O3. The van der Waals surface area contributed by atoms with Gasteiger partial charge in [0.15, 0.2) is 0 Å². The van der Waals surface area contributed by atoms with Gasteiger partial charge in [-0.25, -0.2) is 0 Å². The Morgan fingerprint density at radius 1 is 0.935 bits per heavy atom. The Labute approximate surface area is 187 Å². The first-order valence-corrected chi connectivity index (χ1v) is 13.0. The molecule has 0 bridgehead atoms. The lowest BCUT2D eigenvalue weighted by molar-refractivity contribution is -0.159. The average molecular weight is 431 g/mol. The molecule has 0 spiro atoms. The predicted molar refractivity (Wildman–Crippen MR) is 120 cm³/mol. The number of rotatable bonds is 3. The van der Waals surface area contributed by atoms with E-state index in [2.05, 4.69) is 24.5 Å². The number of carbonyl (C=O) groups excluding carboxylic acids is 2. The van der Waals surface area contributed by atoms with Gasteiger partial charge < -0.3 is 15.4 Å². The topological polar surface area (TPSA) is 67.4 Å². The minimum absolute atomic E-state index is 0.0285. The first kappa shape index (κ1) is 21.7. The minimum Gasteiger partial charge on any atom is -0.463 e. The summed E-state index contributed by atoms with van der Waals surface area (Å²) in [5.41, 5.74) is 0.656. The van der Waals surface area contributed by atoms with Gasteiger partial charge in [0.2, 0.25) is 5.91 Å². The Hall–Kier alpha value is -1.10. The molecule has 1 amide bonds. The van der Waals surface area contributed by atoms with Gasteiger partial charge in [0.1, 0.15) is 6.10 Å². The van der Waals surface area contributed by atoms with Crippen LogP contribution in [0.1, 0.15) is 91.4 Å². The molecule has 5 aliphatic rings. The molecule has 4 saturated carbocycles. The monoisotopic (exact) mass is 430 g/mol. The van der Waals surface area contributed by atoms with Crippen molar-refractivity contribution in [3.8, 4) is 0 Å². The molecule has 0 aromatic carbocycles. The highest BCUT2D eigenvalue weighted by Gasteiger charge is 2.60. The highest BCUT2D eigenvalue weighted by molar-refractivity contribution is 5.82. The summed E-state index contributed by atoms with van der Waals surface area (Å²) in [4.78, 5) is 24.3. The van der Waals surface area contributed by atoms with Gasteiger partial charge in [-0.2, -0.15) is 0 Å². The van der Waals surface area contributed by atoms with Crippen molar-refractivity contribution in [1.29, 1.82) is 0 Å². The van der Waals surface area contributed by atoms with Gasteiger partial charge in [0, 0.05) is 13.0 Å². The van der Waals surface area contributed by atoms with Crippen LogP contribution in [0.15, 0.2) is 0 Å². The van der Waals surface area contributed by atoms with Crippen LogP contribution in [-0.4, -0.2) is 36.6 Å². The molecular weight excluding hydrogens is 388 g/mol. The SMILES string of the molecule is CC(=O)OC1CC[C@@]2(C)C(CC[C@@H]3[C@H]2CC[C@]2(C)C(NC(=O)[C@H]4CCCN4)CC[C@@H]32)C1. The molecule has 5 heteroatoms. The number of ether oxygens (including phenoxy) is 1. The van der Waals surface area contributed by atoms with Gasteiger partial charge in [-0.3, -0.25) is 9.59 Å². The van der Waals surface area contributed by atoms with Gasteiger partial charge in [-0.05, 0) is 112 Å². The lowest BCUT2D eigenvalue weighted by atomic mass is 9.45. The summed E-state index contributed by atoms with van der Waals surface area (Å²) in [6, 6.07) is 0.374. The average Bonchev–Trinajstić information content (AvgIpc) is 3.36. The quantitative estimate of drug-likeness (QED) is 0.659. The second-order valence-corrected chi connectivity index (χ2v) is 12.0. The molecule has 4 aliphatic carbocycles. The molecule has 2 N–H and O–H groups in total. The highest BCUT2D eigenvalue weighted by Crippen LogP contribution is 2.66. The van der Waals surface area contributed by atoms with E-state index < -0.39 is 0 Å². The fourth-order valence-corrected chi connectivity index (χ4v) is 8.98. The summed E-state index contributed by atoms with van der Waals surface area (Å²) in [7, 11) is 0. The zero-order valence-corrected chi connectivity index (χ0v) is 19.8. The van der Waals surface area contributed by atoms with Crippen LogP contribution in [0.2, 0.25) is 0 Å². The summed E-state index contributed by atoms with van der Waals surface area (Å²) in [5.74, 6) is 3.16. The molecule has 31 heavy (non-hydrogen) atoms. The van der Waals surface area contributed by atoms with Gasteiger partial charge in [-0.1, -0.05) is 13.8 Å². The van der Waals surface area contributed by atoms with Gasteiger partial charge in [-0.15, -0.1) is 0 Å². The Kier molecular flexibility index (Phi) is 5.64. The smallest absolute Gasteiger partial charge is 0.302 e. The Bertz CT molecular complexity index is 719. The number of esters is 1. The zero-order chi connectivity index (χ0) is 21.8. The Balaban J connectivity index is 1.28. The molecule has 1 aliphatic heterocycles. The Morgan fingerprint density at radius 2 is 1.71 bits per heavy atom. The third-order valence-electron chi connectivity index (χ3n) is 10.6. The van der Waals surface area contributed by atoms with Crippen LogP contribution in [0.5, 0.6) is 0 Å². The van der Waals surface area contributed by atoms with Crippen molar-refractivity contribution in [3.63, 3.8) is 0 Å². The van der Waals surface area contributed by atoms with Crippen molar-refractivity contribution < 1.29 is 14.3 Å². The minimum atomic E-state index is -0.123. The number of nitrogens with one attached hydrogen (secondary N) is 2. The van der Waals surface area contributed by atoms with Gasteiger partial charge in [0.25, 0.3) is 0 Å². The Morgan fingerprint density at radius 3 is 2.45 bits per heavy atom.